The first kappa shape index (κ1) is 11.5. The zero-order valence-electron chi connectivity index (χ0n) is 7.73. The predicted octanol–water partition coefficient (Wildman–Crippen LogP) is 3.18. The third kappa shape index (κ3) is 2.72. The van der Waals surface area contributed by atoms with E-state index < -0.39 is 0 Å². The van der Waals surface area contributed by atoms with Crippen LogP contribution in [0.4, 0.5) is 5.69 Å². The Morgan fingerprint density at radius 2 is 2.07 bits per heavy atom. The number of benzene rings is 1. The monoisotopic (exact) mass is 321 g/mol. The molecule has 0 unspecified atom stereocenters. The lowest BCUT2D eigenvalue weighted by Crippen LogP contribution is -2.07. The number of carbonyl (C=O) groups excluding carboxylic acids is 1. The molecular formula is C9H9Br2NO2. The minimum absolute atomic E-state index is 0.131. The highest BCUT2D eigenvalue weighted by Gasteiger charge is 2.09. The molecule has 0 aliphatic heterocycles. The molecule has 76 valence electrons. The molecule has 3 nitrogen and oxygen atoms in total. The first-order valence-electron chi connectivity index (χ1n) is 3.85. The van der Waals surface area contributed by atoms with Crippen molar-refractivity contribution in [2.75, 3.05) is 12.4 Å². The maximum absolute atomic E-state index is 10.9. The Labute approximate surface area is 99.1 Å². The van der Waals surface area contributed by atoms with Crippen LogP contribution < -0.4 is 10.1 Å². The summed E-state index contributed by atoms with van der Waals surface area (Å²) in [6, 6.07) is 3.63. The van der Waals surface area contributed by atoms with Crippen molar-refractivity contribution in [1.29, 1.82) is 0 Å². The van der Waals surface area contributed by atoms with Crippen LogP contribution in [0.2, 0.25) is 0 Å². The number of nitrogens with one attached hydrogen (secondary N) is 1. The molecule has 0 fully saturated rings. The van der Waals surface area contributed by atoms with E-state index in [9.17, 15) is 4.79 Å². The van der Waals surface area contributed by atoms with Crippen LogP contribution in [-0.4, -0.2) is 13.0 Å². The van der Waals surface area contributed by atoms with Gasteiger partial charge in [-0.05, 0) is 28.1 Å². The first-order chi connectivity index (χ1) is 6.54. The van der Waals surface area contributed by atoms with Crippen molar-refractivity contribution >= 4 is 43.5 Å². The van der Waals surface area contributed by atoms with Gasteiger partial charge in [0.05, 0.1) is 17.3 Å². The van der Waals surface area contributed by atoms with Crippen molar-refractivity contribution < 1.29 is 9.53 Å². The van der Waals surface area contributed by atoms with Gasteiger partial charge in [-0.25, -0.2) is 0 Å². The second-order valence-corrected chi connectivity index (χ2v) is 4.42. The Bertz CT molecular complexity index is 366. The average Bonchev–Trinajstić information content (AvgIpc) is 2.01. The summed E-state index contributed by atoms with van der Waals surface area (Å²) in [6.07, 6.45) is 0. The quantitative estimate of drug-likeness (QED) is 0.908. The number of amides is 1. The van der Waals surface area contributed by atoms with Crippen molar-refractivity contribution in [2.45, 2.75) is 6.92 Å². The Kier molecular flexibility index (Phi) is 3.95. The van der Waals surface area contributed by atoms with Gasteiger partial charge in [0.2, 0.25) is 5.91 Å². The van der Waals surface area contributed by atoms with Crippen molar-refractivity contribution in [3.63, 3.8) is 0 Å². The lowest BCUT2D eigenvalue weighted by molar-refractivity contribution is -0.114. The normalized spacial score (nSPS) is 9.71. The number of methoxy groups -OCH3 is 1. The summed E-state index contributed by atoms with van der Waals surface area (Å²) >= 11 is 6.67. The van der Waals surface area contributed by atoms with E-state index in [0.717, 1.165) is 8.95 Å². The SMILES string of the molecule is COc1c(Br)cc(Br)cc1NC(C)=O. The van der Waals surface area contributed by atoms with Gasteiger partial charge in [-0.2, -0.15) is 0 Å². The lowest BCUT2D eigenvalue weighted by atomic mass is 10.3. The minimum atomic E-state index is -0.131. The molecule has 1 amide bonds. The number of hydrogen-bond donors (Lipinski definition) is 1. The molecule has 0 spiro atoms. The van der Waals surface area contributed by atoms with Crippen LogP contribution >= 0.6 is 31.9 Å². The maximum atomic E-state index is 10.9. The summed E-state index contributed by atoms with van der Waals surface area (Å²) in [4.78, 5) is 10.9. The van der Waals surface area contributed by atoms with Crippen molar-refractivity contribution in [2.24, 2.45) is 0 Å². The second kappa shape index (κ2) is 4.79. The Morgan fingerprint density at radius 3 is 2.57 bits per heavy atom. The van der Waals surface area contributed by atoms with Crippen molar-refractivity contribution in [1.82, 2.24) is 0 Å². The van der Waals surface area contributed by atoms with Gasteiger partial charge in [0, 0.05) is 11.4 Å². The second-order valence-electron chi connectivity index (χ2n) is 2.65. The molecule has 14 heavy (non-hydrogen) atoms. The van der Waals surface area contributed by atoms with Gasteiger partial charge >= 0.3 is 0 Å². The predicted molar refractivity (Wildman–Crippen MR) is 62.7 cm³/mol. The molecule has 0 atom stereocenters. The largest absolute Gasteiger partial charge is 0.493 e. The molecular weight excluding hydrogens is 314 g/mol. The van der Waals surface area contributed by atoms with Gasteiger partial charge in [-0.1, -0.05) is 15.9 Å². The average molecular weight is 323 g/mol. The number of rotatable bonds is 2. The zero-order valence-corrected chi connectivity index (χ0v) is 10.9. The topological polar surface area (TPSA) is 38.3 Å². The van der Waals surface area contributed by atoms with Crippen LogP contribution in [0.15, 0.2) is 21.1 Å². The molecule has 0 radical (unpaired) electrons. The van der Waals surface area contributed by atoms with Crippen LogP contribution in [0.3, 0.4) is 0 Å². The highest BCUT2D eigenvalue weighted by atomic mass is 79.9. The molecule has 0 bridgehead atoms. The molecule has 1 aromatic carbocycles. The fourth-order valence-electron chi connectivity index (χ4n) is 1.05. The maximum Gasteiger partial charge on any atom is 0.221 e. The molecule has 1 rings (SSSR count). The lowest BCUT2D eigenvalue weighted by Gasteiger charge is -2.11. The number of ether oxygens (including phenoxy) is 1. The Hall–Kier alpha value is -0.550. The minimum Gasteiger partial charge on any atom is -0.493 e. The molecule has 1 aromatic rings. The molecule has 1 N–H and O–H groups in total. The zero-order chi connectivity index (χ0) is 10.7. The molecule has 0 saturated heterocycles. The summed E-state index contributed by atoms with van der Waals surface area (Å²) in [5, 5.41) is 2.68. The van der Waals surface area contributed by atoms with E-state index >= 15 is 0 Å². The standard InChI is InChI=1S/C9H9Br2NO2/c1-5(13)12-8-4-6(10)3-7(11)9(8)14-2/h3-4H,1-2H3,(H,12,13). The van der Waals surface area contributed by atoms with Crippen LogP contribution in [0.1, 0.15) is 6.92 Å². The van der Waals surface area contributed by atoms with Gasteiger partial charge in [0.1, 0.15) is 0 Å². The van der Waals surface area contributed by atoms with E-state index in [-0.39, 0.29) is 5.91 Å². The summed E-state index contributed by atoms with van der Waals surface area (Å²) in [5.74, 6) is 0.483. The molecule has 0 aromatic heterocycles. The van der Waals surface area contributed by atoms with Crippen LogP contribution in [0.25, 0.3) is 0 Å². The van der Waals surface area contributed by atoms with E-state index in [0.29, 0.717) is 11.4 Å². The van der Waals surface area contributed by atoms with Crippen LogP contribution in [-0.2, 0) is 4.79 Å². The number of carbonyl (C=O) groups is 1. The van der Waals surface area contributed by atoms with Crippen molar-refractivity contribution in [3.8, 4) is 5.75 Å². The van der Waals surface area contributed by atoms with Gasteiger partial charge in [0.25, 0.3) is 0 Å². The van der Waals surface area contributed by atoms with Crippen LogP contribution in [0, 0.1) is 0 Å². The molecule has 5 heteroatoms. The summed E-state index contributed by atoms with van der Waals surface area (Å²) in [7, 11) is 1.55. The molecule has 0 aliphatic rings. The highest BCUT2D eigenvalue weighted by molar-refractivity contribution is 9.11. The van der Waals surface area contributed by atoms with Gasteiger partial charge < -0.3 is 10.1 Å². The molecule has 0 aliphatic carbocycles. The highest BCUT2D eigenvalue weighted by Crippen LogP contribution is 2.36. The fraction of sp³-hybridized carbons (Fsp3) is 0.222. The van der Waals surface area contributed by atoms with Gasteiger partial charge in [0.15, 0.2) is 5.75 Å². The van der Waals surface area contributed by atoms with E-state index in [4.69, 9.17) is 4.74 Å². The molecule has 0 saturated carbocycles. The number of halogens is 2. The summed E-state index contributed by atoms with van der Waals surface area (Å²) in [6.45, 7) is 1.45. The van der Waals surface area contributed by atoms with E-state index in [1.165, 1.54) is 6.92 Å². The number of anilines is 1. The number of hydrogen-bond acceptors (Lipinski definition) is 2. The summed E-state index contributed by atoms with van der Waals surface area (Å²) < 4.78 is 6.81. The van der Waals surface area contributed by atoms with E-state index in [1.54, 1.807) is 13.2 Å². The first-order valence-corrected chi connectivity index (χ1v) is 5.44. The van der Waals surface area contributed by atoms with E-state index in [1.807, 2.05) is 6.07 Å². The van der Waals surface area contributed by atoms with Gasteiger partial charge in [-0.15, -0.1) is 0 Å². The van der Waals surface area contributed by atoms with Gasteiger partial charge in [-0.3, -0.25) is 4.79 Å². The third-order valence-corrected chi connectivity index (χ3v) is 2.57. The Morgan fingerprint density at radius 1 is 1.43 bits per heavy atom. The van der Waals surface area contributed by atoms with E-state index in [2.05, 4.69) is 37.2 Å². The Balaban J connectivity index is 3.17. The molecule has 0 heterocycles. The van der Waals surface area contributed by atoms with Crippen LogP contribution in [0.5, 0.6) is 5.75 Å². The summed E-state index contributed by atoms with van der Waals surface area (Å²) in [5.41, 5.74) is 0.640. The fourth-order valence-corrected chi connectivity index (χ4v) is 2.44. The smallest absolute Gasteiger partial charge is 0.221 e. The van der Waals surface area contributed by atoms with Crippen molar-refractivity contribution in [3.05, 3.63) is 21.1 Å². The third-order valence-electron chi connectivity index (χ3n) is 1.52.